The number of nitrogens with one attached hydrogen (secondary N) is 8. The van der Waals surface area contributed by atoms with E-state index in [1.807, 2.05) is 0 Å². The zero-order valence-corrected chi connectivity index (χ0v) is 78.3. The first-order valence-electron chi connectivity index (χ1n) is 45.1. The van der Waals surface area contributed by atoms with Crippen molar-refractivity contribution in [2.75, 3.05) is 340 Å². The van der Waals surface area contributed by atoms with Crippen molar-refractivity contribution in [2.24, 2.45) is 5.41 Å². The zero-order valence-electron chi connectivity index (χ0n) is 78.3. The molecule has 4 atom stereocenters. The molecule has 4 aliphatic rings. The number of hydrogen-bond donors (Lipinski definition) is 20. The van der Waals surface area contributed by atoms with Crippen LogP contribution < -0.4 is 42.5 Å². The molecule has 4 rings (SSSR count). The van der Waals surface area contributed by atoms with Gasteiger partial charge in [0.1, 0.15) is 0 Å². The lowest BCUT2D eigenvalue weighted by Crippen LogP contribution is -2.59. The van der Waals surface area contributed by atoms with Crippen LogP contribution in [0.5, 0.6) is 0 Å². The molecule has 0 aromatic rings. The molecular formula is C81H140N24O32. The summed E-state index contributed by atoms with van der Waals surface area (Å²) < 4.78 is 0. The van der Waals surface area contributed by atoms with Gasteiger partial charge in [0.05, 0.1) is 129 Å². The van der Waals surface area contributed by atoms with Crippen molar-refractivity contribution in [1.29, 1.82) is 0 Å². The molecule has 0 saturated carbocycles. The Labute approximate surface area is 791 Å². The molecule has 4 saturated heterocycles. The lowest BCUT2D eigenvalue weighted by atomic mass is 9.86. The molecule has 0 aromatic heterocycles. The molecule has 20 N–H and O–H groups in total. The number of carbonyl (C=O) groups is 20. The highest BCUT2D eigenvalue weighted by Gasteiger charge is 2.37. The van der Waals surface area contributed by atoms with Crippen molar-refractivity contribution in [3.63, 3.8) is 0 Å². The second-order valence-electron chi connectivity index (χ2n) is 34.4. The first-order chi connectivity index (χ1) is 64.6. The average Bonchev–Trinajstić information content (AvgIpc) is 0.844. The number of carboxylic acid groups (broad SMARTS) is 12. The molecule has 137 heavy (non-hydrogen) atoms. The summed E-state index contributed by atoms with van der Waals surface area (Å²) in [5, 5.41) is 138. The zero-order chi connectivity index (χ0) is 102. The summed E-state index contributed by atoms with van der Waals surface area (Å²) in [5.74, 6) is -21.4. The first kappa shape index (κ1) is 118. The Bertz CT molecular complexity index is 3390. The third-order valence-electron chi connectivity index (χ3n) is 23.8. The third kappa shape index (κ3) is 50.6. The monoisotopic (exact) mass is 1960 g/mol. The molecule has 8 amide bonds. The second kappa shape index (κ2) is 62.6. The maximum Gasteiger partial charge on any atom is 0.317 e. The van der Waals surface area contributed by atoms with E-state index in [2.05, 4.69) is 42.5 Å². The summed E-state index contributed by atoms with van der Waals surface area (Å²) >= 11 is 0. The van der Waals surface area contributed by atoms with E-state index in [9.17, 15) is 157 Å². The second-order valence-corrected chi connectivity index (χ2v) is 34.4. The molecular weight excluding hydrogens is 1820 g/mol. The van der Waals surface area contributed by atoms with E-state index in [1.54, 1.807) is 19.6 Å². The quantitative estimate of drug-likeness (QED) is 0.0269. The number of hydrogen-bond acceptors (Lipinski definition) is 36. The number of nitrogens with zero attached hydrogens (tertiary/aromatic N) is 16. The summed E-state index contributed by atoms with van der Waals surface area (Å²) in [5.41, 5.74) is -1.89. The van der Waals surface area contributed by atoms with Crippen LogP contribution in [0.25, 0.3) is 0 Å². The molecule has 56 heteroatoms. The van der Waals surface area contributed by atoms with Gasteiger partial charge in [0.15, 0.2) is 0 Å². The third-order valence-corrected chi connectivity index (χ3v) is 23.8. The minimum Gasteiger partial charge on any atom is -0.480 e. The standard InChI is InChI=1S/C81H140N24O32/c1-57(102-29-21-94(45-69(118)119)13-5-90(41-65(110)111)6-14-95(22-30-102)46-70(120)121)77(134)82-37-61(106)86-53-81(54-87-62(107)38-83-78(135)58(2)103-31-23-96(47-71(122)123)15-7-91(42-66(112)113)8-16-97(24-32-103)48-72(124)125,55-88-63(108)39-84-79(136)59(3)104-33-25-98(49-73(126)127)17-9-92(43-67(114)115)10-18-99(26-34-104)50-74(128)129)56-89-64(109)40-85-80(137)60(4)105-35-27-100(51-75(130)131)19-11-93(44-68(116)117)12-20-101(28-36-105)52-76(132)133/h57-60H,5-56H2,1-4H3,(H,82,134)(H,83,135)(H,84,136)(H,85,137)(H,86,106)(H,87,107)(H,88,108)(H,89,109)(H,110,111)(H,112,113)(H,114,115)(H,116,117)(H,118,119)(H,120,121)(H,122,123)(H,124,125)(H,126,127)(H,128,129)(H,130,131)(H,132,133). The van der Waals surface area contributed by atoms with Crippen LogP contribution in [0.1, 0.15) is 27.7 Å². The molecule has 4 unspecified atom stereocenters. The van der Waals surface area contributed by atoms with Gasteiger partial charge in [-0.25, -0.2) is 0 Å². The average molecular weight is 1960 g/mol. The molecule has 0 bridgehead atoms. The van der Waals surface area contributed by atoms with E-state index in [4.69, 9.17) is 0 Å². The lowest BCUT2D eigenvalue weighted by Gasteiger charge is -2.36. The predicted molar refractivity (Wildman–Crippen MR) is 480 cm³/mol. The maximum atomic E-state index is 14.5. The van der Waals surface area contributed by atoms with Crippen LogP contribution in [0.15, 0.2) is 0 Å². The first-order valence-corrected chi connectivity index (χ1v) is 45.1. The van der Waals surface area contributed by atoms with Crippen molar-refractivity contribution in [2.45, 2.75) is 51.9 Å². The molecule has 0 radical (unpaired) electrons. The van der Waals surface area contributed by atoms with E-state index in [0.29, 0.717) is 0 Å². The van der Waals surface area contributed by atoms with E-state index in [0.717, 1.165) is 0 Å². The SMILES string of the molecule is CC(C(=O)NCC(=O)NCC(CNC(=O)CNC(=O)C(C)N1CCN(CC(=O)O)CCN(CC(=O)O)CCN(CC(=O)O)CC1)(CNC(=O)CNC(=O)C(C)N1CCN(CC(=O)O)CCN(CC(=O)O)CCN(CC(=O)O)CC1)CNC(=O)CNC(=O)C(C)N1CCN(CC(=O)O)CCN(CC(=O)O)CCN(CC(=O)O)CC1)N1CCN(CC(=O)O)CCN(CC(=O)O)CCN(CC(=O)O)CC1. The van der Waals surface area contributed by atoms with Gasteiger partial charge in [0.25, 0.3) is 0 Å². The highest BCUT2D eigenvalue weighted by molar-refractivity contribution is 5.90. The molecule has 776 valence electrons. The Morgan fingerprint density at radius 1 is 0.182 bits per heavy atom. The van der Waals surface area contributed by atoms with Crippen LogP contribution in [0.3, 0.4) is 0 Å². The molecule has 4 fully saturated rings. The fourth-order valence-corrected chi connectivity index (χ4v) is 15.6. The van der Waals surface area contributed by atoms with Gasteiger partial charge >= 0.3 is 71.6 Å². The minimum atomic E-state index is -1.89. The Kier molecular flexibility index (Phi) is 53.9. The fourth-order valence-electron chi connectivity index (χ4n) is 15.6. The van der Waals surface area contributed by atoms with Crippen molar-refractivity contribution in [3.05, 3.63) is 0 Å². The van der Waals surface area contributed by atoms with Gasteiger partial charge in [-0.3, -0.25) is 174 Å². The van der Waals surface area contributed by atoms with Crippen LogP contribution >= 0.6 is 0 Å². The molecule has 0 aromatic carbocycles. The fraction of sp³-hybridized carbons (Fsp3) is 0.753. The van der Waals surface area contributed by atoms with E-state index < -0.39 is 279 Å². The largest absolute Gasteiger partial charge is 0.480 e. The molecule has 0 spiro atoms. The van der Waals surface area contributed by atoms with Gasteiger partial charge in [0.2, 0.25) is 47.3 Å². The highest BCUT2D eigenvalue weighted by Crippen LogP contribution is 2.17. The Morgan fingerprint density at radius 2 is 0.285 bits per heavy atom. The van der Waals surface area contributed by atoms with E-state index in [1.165, 1.54) is 86.5 Å². The molecule has 0 aliphatic carbocycles. The summed E-state index contributed by atoms with van der Waals surface area (Å²) in [6.45, 7) is -5.00. The van der Waals surface area contributed by atoms with Gasteiger partial charge in [-0.2, -0.15) is 0 Å². The van der Waals surface area contributed by atoms with Crippen LogP contribution in [0.4, 0.5) is 0 Å². The van der Waals surface area contributed by atoms with Crippen molar-refractivity contribution >= 4 is 119 Å². The summed E-state index contributed by atoms with van der Waals surface area (Å²) in [6.07, 6.45) is 0. The smallest absolute Gasteiger partial charge is 0.317 e. The molecule has 4 aliphatic heterocycles. The topological polar surface area (TPSA) is 732 Å². The van der Waals surface area contributed by atoms with Crippen molar-refractivity contribution in [1.82, 2.24) is 121 Å². The van der Waals surface area contributed by atoms with Gasteiger partial charge in [-0.1, -0.05) is 0 Å². The lowest BCUT2D eigenvalue weighted by molar-refractivity contribution is -0.141. The van der Waals surface area contributed by atoms with Crippen molar-refractivity contribution in [3.8, 4) is 0 Å². The van der Waals surface area contributed by atoms with Gasteiger partial charge in [-0.15, -0.1) is 0 Å². The number of rotatable bonds is 48. The Balaban J connectivity index is 1.81. The van der Waals surface area contributed by atoms with Crippen LogP contribution in [-0.4, -0.2) is 623 Å². The van der Waals surface area contributed by atoms with Crippen LogP contribution in [-0.2, 0) is 95.9 Å². The summed E-state index contributed by atoms with van der Waals surface area (Å²) in [7, 11) is 0. The molecule has 56 nitrogen and oxygen atoms in total. The van der Waals surface area contributed by atoms with Crippen molar-refractivity contribution < 1.29 is 157 Å². The Morgan fingerprint density at radius 3 is 0.387 bits per heavy atom. The van der Waals surface area contributed by atoms with Gasteiger partial charge in [-0.05, 0) is 27.7 Å². The van der Waals surface area contributed by atoms with E-state index in [-0.39, 0.29) is 209 Å². The molecule has 4 heterocycles. The van der Waals surface area contributed by atoms with Crippen LogP contribution in [0, 0.1) is 5.41 Å². The number of carboxylic acids is 12. The number of aliphatic carboxylic acids is 12. The summed E-state index contributed by atoms with van der Waals surface area (Å²) in [4.78, 5) is 284. The van der Waals surface area contributed by atoms with Gasteiger partial charge < -0.3 is 104 Å². The number of carbonyl (C=O) groups excluding carboxylic acids is 8. The predicted octanol–water partition coefficient (Wildman–Crippen LogP) is -13.6. The highest BCUT2D eigenvalue weighted by atomic mass is 16.4. The minimum absolute atomic E-state index is 0.00177. The Hall–Kier alpha value is -11.2. The maximum absolute atomic E-state index is 14.5. The summed E-state index contributed by atoms with van der Waals surface area (Å²) in [6, 6.07) is -4.54. The van der Waals surface area contributed by atoms with E-state index >= 15 is 0 Å². The van der Waals surface area contributed by atoms with Crippen LogP contribution in [0.2, 0.25) is 0 Å². The van der Waals surface area contributed by atoms with Gasteiger partial charge in [0, 0.05) is 241 Å². The normalized spacial score (nSPS) is 19.6. The number of amides is 8.